The normalized spacial score (nSPS) is 16.0. The van der Waals surface area contributed by atoms with Crippen LogP contribution in [0.1, 0.15) is 30.0 Å². The average Bonchev–Trinajstić information content (AvgIpc) is 3.48. The second-order valence-electron chi connectivity index (χ2n) is 8.43. The molecule has 1 amide bonds. The van der Waals surface area contributed by atoms with E-state index in [-0.39, 0.29) is 12.5 Å². The molecule has 0 saturated carbocycles. The summed E-state index contributed by atoms with van der Waals surface area (Å²) in [7, 11) is 1.50. The van der Waals surface area contributed by atoms with E-state index in [0.29, 0.717) is 57.9 Å². The van der Waals surface area contributed by atoms with Crippen LogP contribution in [0.3, 0.4) is 0 Å². The van der Waals surface area contributed by atoms with Gasteiger partial charge in [0.2, 0.25) is 5.91 Å². The third-order valence-electron chi connectivity index (χ3n) is 6.35. The first-order valence-corrected chi connectivity index (χ1v) is 12.1. The molecular weight excluding hydrogens is 473 g/mol. The highest BCUT2D eigenvalue weighted by molar-refractivity contribution is 7.21. The maximum absolute atomic E-state index is 13.9. The van der Waals surface area contributed by atoms with Gasteiger partial charge >= 0.3 is 5.69 Å². The number of hydrogen-bond donors (Lipinski definition) is 1. The number of carbonyl (C=O) groups excluding carboxylic acids is 1. The predicted molar refractivity (Wildman–Crippen MR) is 130 cm³/mol. The van der Waals surface area contributed by atoms with E-state index in [1.807, 2.05) is 6.92 Å². The number of ether oxygens (including phenoxy) is 1. The Balaban J connectivity index is 1.71. The van der Waals surface area contributed by atoms with Crippen molar-refractivity contribution in [3.8, 4) is 10.8 Å². The average molecular weight is 498 g/mol. The Hall–Kier alpha value is -3.73. The largest absolute Gasteiger partial charge is 0.496 e. The first kappa shape index (κ1) is 23.0. The molecule has 35 heavy (non-hydrogen) atoms. The standard InChI is InChI=1S/C24H24FN5O4S/c1-14-19-21(32)30(17-5-3-9-26-20(17)31)24(33)28(23(19)35-22(14)29-11-4-10-27-29)12-8-15-13-16(25)6-7-18(15)34-2/h4,6-7,10-11,13,17H,3,5,8-9,12H2,1-2H3,(H,26,31). The van der Waals surface area contributed by atoms with Crippen molar-refractivity contribution in [1.82, 2.24) is 24.2 Å². The molecule has 11 heteroatoms. The van der Waals surface area contributed by atoms with Gasteiger partial charge < -0.3 is 10.1 Å². The van der Waals surface area contributed by atoms with E-state index < -0.39 is 23.1 Å². The van der Waals surface area contributed by atoms with Crippen molar-refractivity contribution in [2.45, 2.75) is 38.8 Å². The topological polar surface area (TPSA) is 100 Å². The second-order valence-corrected chi connectivity index (χ2v) is 9.41. The Kier molecular flexibility index (Phi) is 6.01. The molecular formula is C24H24FN5O4S. The number of amides is 1. The lowest BCUT2D eigenvalue weighted by atomic mass is 10.1. The van der Waals surface area contributed by atoms with Crippen LogP contribution in [-0.4, -0.2) is 38.5 Å². The molecule has 0 bridgehead atoms. The van der Waals surface area contributed by atoms with E-state index >= 15 is 0 Å². The van der Waals surface area contributed by atoms with Crippen LogP contribution in [0.2, 0.25) is 0 Å². The van der Waals surface area contributed by atoms with Crippen LogP contribution in [-0.2, 0) is 17.8 Å². The third kappa shape index (κ3) is 3.95. The molecule has 4 heterocycles. The zero-order valence-corrected chi connectivity index (χ0v) is 20.1. The molecule has 5 rings (SSSR count). The fraction of sp³-hybridized carbons (Fsp3) is 0.333. The number of aryl methyl sites for hydroxylation is 3. The molecule has 1 atom stereocenters. The predicted octanol–water partition coefficient (Wildman–Crippen LogP) is 2.56. The summed E-state index contributed by atoms with van der Waals surface area (Å²) in [5, 5.41) is 8.13. The number of piperidine rings is 1. The number of hydrogen-bond acceptors (Lipinski definition) is 6. The lowest BCUT2D eigenvalue weighted by Gasteiger charge is -2.24. The fourth-order valence-electron chi connectivity index (χ4n) is 4.61. The van der Waals surface area contributed by atoms with Gasteiger partial charge in [-0.1, -0.05) is 11.3 Å². The molecule has 1 saturated heterocycles. The van der Waals surface area contributed by atoms with Crippen molar-refractivity contribution in [1.29, 1.82) is 0 Å². The number of nitrogens with one attached hydrogen (secondary N) is 1. The summed E-state index contributed by atoms with van der Waals surface area (Å²) < 4.78 is 23.5. The van der Waals surface area contributed by atoms with Crippen LogP contribution in [0.5, 0.6) is 5.75 Å². The summed E-state index contributed by atoms with van der Waals surface area (Å²) in [4.78, 5) is 40.5. The number of aromatic nitrogens is 4. The summed E-state index contributed by atoms with van der Waals surface area (Å²) in [6, 6.07) is 5.13. The van der Waals surface area contributed by atoms with Crippen LogP contribution in [0, 0.1) is 12.7 Å². The molecule has 4 aromatic rings. The van der Waals surface area contributed by atoms with E-state index in [4.69, 9.17) is 4.74 Å². The second kappa shape index (κ2) is 9.14. The lowest BCUT2D eigenvalue weighted by molar-refractivity contribution is -0.126. The summed E-state index contributed by atoms with van der Waals surface area (Å²) in [5.74, 6) is -0.237. The van der Waals surface area contributed by atoms with Crippen molar-refractivity contribution in [3.63, 3.8) is 0 Å². The van der Waals surface area contributed by atoms with Crippen molar-refractivity contribution in [2.24, 2.45) is 0 Å². The monoisotopic (exact) mass is 497 g/mol. The lowest BCUT2D eigenvalue weighted by Crippen LogP contribution is -2.49. The van der Waals surface area contributed by atoms with Crippen LogP contribution in [0.15, 0.2) is 46.2 Å². The minimum absolute atomic E-state index is 0.169. The van der Waals surface area contributed by atoms with E-state index in [1.54, 1.807) is 29.2 Å². The van der Waals surface area contributed by atoms with E-state index in [9.17, 15) is 18.8 Å². The highest BCUT2D eigenvalue weighted by atomic mass is 32.1. The van der Waals surface area contributed by atoms with E-state index in [2.05, 4.69) is 10.4 Å². The number of thiophene rings is 1. The Morgan fingerprint density at radius 3 is 2.83 bits per heavy atom. The SMILES string of the molecule is COc1ccc(F)cc1CCn1c(=O)n(C2CCCNC2=O)c(=O)c2c(C)c(-n3cccn3)sc21. The maximum atomic E-state index is 13.9. The van der Waals surface area contributed by atoms with Gasteiger partial charge in [-0.15, -0.1) is 0 Å². The minimum Gasteiger partial charge on any atom is -0.496 e. The fourth-order valence-corrected chi connectivity index (χ4v) is 5.87. The number of fused-ring (bicyclic) bond motifs is 1. The van der Waals surface area contributed by atoms with Crippen molar-refractivity contribution in [2.75, 3.05) is 13.7 Å². The van der Waals surface area contributed by atoms with E-state index in [1.165, 1.54) is 35.1 Å². The van der Waals surface area contributed by atoms with Gasteiger partial charge in [-0.3, -0.25) is 14.2 Å². The Morgan fingerprint density at radius 2 is 2.11 bits per heavy atom. The number of carbonyl (C=O) groups is 1. The van der Waals surface area contributed by atoms with Gasteiger partial charge in [-0.2, -0.15) is 5.10 Å². The molecule has 1 aromatic carbocycles. The number of nitrogens with zero attached hydrogens (tertiary/aromatic N) is 4. The maximum Gasteiger partial charge on any atom is 0.332 e. The van der Waals surface area contributed by atoms with Crippen molar-refractivity contribution >= 4 is 27.5 Å². The summed E-state index contributed by atoms with van der Waals surface area (Å²) in [5.41, 5.74) is 0.231. The first-order valence-electron chi connectivity index (χ1n) is 11.3. The molecule has 9 nitrogen and oxygen atoms in total. The molecule has 0 aliphatic carbocycles. The molecule has 1 aliphatic heterocycles. The van der Waals surface area contributed by atoms with Gasteiger partial charge in [0, 0.05) is 31.0 Å². The van der Waals surface area contributed by atoms with Crippen LogP contribution in [0.4, 0.5) is 4.39 Å². The van der Waals surface area contributed by atoms with Gasteiger partial charge in [-0.25, -0.2) is 18.4 Å². The van der Waals surface area contributed by atoms with Gasteiger partial charge in [-0.05, 0) is 56.0 Å². The molecule has 1 unspecified atom stereocenters. The number of rotatable bonds is 6. The highest BCUT2D eigenvalue weighted by Crippen LogP contribution is 2.31. The molecule has 1 fully saturated rings. The van der Waals surface area contributed by atoms with E-state index in [0.717, 1.165) is 4.57 Å². The van der Waals surface area contributed by atoms with Gasteiger partial charge in [0.25, 0.3) is 5.56 Å². The van der Waals surface area contributed by atoms with Gasteiger partial charge in [0.1, 0.15) is 27.4 Å². The third-order valence-corrected chi connectivity index (χ3v) is 7.65. The van der Waals surface area contributed by atoms with Crippen LogP contribution in [0.25, 0.3) is 15.2 Å². The Morgan fingerprint density at radius 1 is 1.29 bits per heavy atom. The minimum atomic E-state index is -0.879. The smallest absolute Gasteiger partial charge is 0.332 e. The quantitative estimate of drug-likeness (QED) is 0.441. The Labute approximate surface area is 203 Å². The molecule has 3 aromatic heterocycles. The van der Waals surface area contributed by atoms with Gasteiger partial charge in [0.15, 0.2) is 0 Å². The molecule has 1 aliphatic rings. The first-order chi connectivity index (χ1) is 16.9. The molecule has 182 valence electrons. The zero-order chi connectivity index (χ0) is 24.7. The van der Waals surface area contributed by atoms with Gasteiger partial charge in [0.05, 0.1) is 12.5 Å². The summed E-state index contributed by atoms with van der Waals surface area (Å²) >= 11 is 1.29. The number of methoxy groups -OCH3 is 1. The Bertz CT molecular complexity index is 1540. The van der Waals surface area contributed by atoms with Crippen molar-refractivity contribution in [3.05, 3.63) is 74.4 Å². The zero-order valence-electron chi connectivity index (χ0n) is 19.3. The summed E-state index contributed by atoms with van der Waals surface area (Å²) in [6.45, 7) is 2.50. The molecule has 0 radical (unpaired) electrons. The number of halogens is 1. The molecule has 0 spiro atoms. The number of benzene rings is 1. The highest BCUT2D eigenvalue weighted by Gasteiger charge is 2.30. The molecule has 1 N–H and O–H groups in total. The van der Waals surface area contributed by atoms with Crippen molar-refractivity contribution < 1.29 is 13.9 Å². The van der Waals surface area contributed by atoms with Crippen LogP contribution >= 0.6 is 11.3 Å². The summed E-state index contributed by atoms with van der Waals surface area (Å²) in [6.07, 6.45) is 4.77. The van der Waals surface area contributed by atoms with Crippen LogP contribution < -0.4 is 21.3 Å².